The predicted octanol–water partition coefficient (Wildman–Crippen LogP) is 1.84. The number of rotatable bonds is 1. The van der Waals surface area contributed by atoms with Gasteiger partial charge in [-0.1, -0.05) is 0 Å². The molecule has 0 saturated heterocycles. The van der Waals surface area contributed by atoms with E-state index in [9.17, 15) is 0 Å². The smallest absolute Gasteiger partial charge is 0.0356 e. The van der Waals surface area contributed by atoms with Crippen molar-refractivity contribution in [2.24, 2.45) is 5.73 Å². The summed E-state index contributed by atoms with van der Waals surface area (Å²) in [6.07, 6.45) is 1.88. The molecule has 0 fully saturated rings. The zero-order valence-corrected chi connectivity index (χ0v) is 6.65. The van der Waals surface area contributed by atoms with E-state index in [1.165, 1.54) is 0 Å². The van der Waals surface area contributed by atoms with Gasteiger partial charge in [0, 0.05) is 5.54 Å². The highest BCUT2D eigenvalue weighted by Gasteiger charge is 2.02. The zero-order chi connectivity index (χ0) is 7.49. The van der Waals surface area contributed by atoms with Crippen molar-refractivity contribution in [3.8, 4) is 0 Å². The minimum Gasteiger partial charge on any atom is -0.322 e. The summed E-state index contributed by atoms with van der Waals surface area (Å²) in [5.41, 5.74) is 9.64. The van der Waals surface area contributed by atoms with Gasteiger partial charge in [0.2, 0.25) is 0 Å². The topological polar surface area (TPSA) is 26.0 Å². The van der Waals surface area contributed by atoms with Gasteiger partial charge >= 0.3 is 0 Å². The first kappa shape index (κ1) is 8.48. The second kappa shape index (κ2) is 2.86. The first-order chi connectivity index (χ1) is 3.92. The second-order valence-electron chi connectivity index (χ2n) is 3.11. The van der Waals surface area contributed by atoms with Crippen molar-refractivity contribution in [2.75, 3.05) is 0 Å². The zero-order valence-electron chi connectivity index (χ0n) is 6.65. The second-order valence-corrected chi connectivity index (χ2v) is 3.11. The summed E-state index contributed by atoms with van der Waals surface area (Å²) in [6.45, 7) is 7.90. The van der Waals surface area contributed by atoms with Crippen LogP contribution >= 0.6 is 0 Å². The molecule has 0 aliphatic rings. The van der Waals surface area contributed by atoms with Crippen LogP contribution in [-0.2, 0) is 0 Å². The molecule has 1 heteroatoms. The Bertz CT molecular complexity index is 138. The molecule has 0 spiro atoms. The Morgan fingerprint density at radius 3 is 2.00 bits per heavy atom. The van der Waals surface area contributed by atoms with Crippen LogP contribution in [0.25, 0.3) is 0 Å². The minimum atomic E-state index is -0.225. The van der Waals surface area contributed by atoms with Crippen molar-refractivity contribution in [1.29, 1.82) is 0 Å². The third-order valence-electron chi connectivity index (χ3n) is 0.733. The van der Waals surface area contributed by atoms with Crippen molar-refractivity contribution in [3.05, 3.63) is 17.4 Å². The van der Waals surface area contributed by atoms with Gasteiger partial charge in [0.05, 0.1) is 0 Å². The molecule has 0 aromatic heterocycles. The maximum Gasteiger partial charge on any atom is 0.0356 e. The molecule has 0 heterocycles. The molecule has 0 amide bonds. The van der Waals surface area contributed by atoms with Crippen molar-refractivity contribution in [3.63, 3.8) is 0 Å². The average Bonchev–Trinajstić information content (AvgIpc) is 1.59. The quantitative estimate of drug-likeness (QED) is 0.532. The SMILES string of the molecule is CC(C)=C=CC(C)(C)N. The van der Waals surface area contributed by atoms with Gasteiger partial charge in [-0.3, -0.25) is 0 Å². The predicted molar refractivity (Wildman–Crippen MR) is 41.2 cm³/mol. The van der Waals surface area contributed by atoms with E-state index in [-0.39, 0.29) is 5.54 Å². The number of hydrogen-bond donors (Lipinski definition) is 1. The van der Waals surface area contributed by atoms with Crippen molar-refractivity contribution >= 4 is 0 Å². The van der Waals surface area contributed by atoms with Gasteiger partial charge < -0.3 is 5.73 Å². The lowest BCUT2D eigenvalue weighted by atomic mass is 10.1. The molecule has 0 saturated carbocycles. The lowest BCUT2D eigenvalue weighted by Crippen LogP contribution is -2.28. The van der Waals surface area contributed by atoms with Crippen LogP contribution in [0.5, 0.6) is 0 Å². The molecule has 0 aliphatic carbocycles. The third-order valence-corrected chi connectivity index (χ3v) is 0.733. The number of nitrogens with two attached hydrogens (primary N) is 1. The molecule has 1 nitrogen and oxygen atoms in total. The Kier molecular flexibility index (Phi) is 2.69. The molecule has 0 unspecified atom stereocenters. The van der Waals surface area contributed by atoms with E-state index >= 15 is 0 Å². The molecule has 9 heavy (non-hydrogen) atoms. The van der Waals surface area contributed by atoms with E-state index in [4.69, 9.17) is 5.73 Å². The fraction of sp³-hybridized carbons (Fsp3) is 0.625. The van der Waals surface area contributed by atoms with Crippen LogP contribution in [0.15, 0.2) is 17.4 Å². The lowest BCUT2D eigenvalue weighted by Gasteiger charge is -2.09. The fourth-order valence-electron chi connectivity index (χ4n) is 0.330. The molecule has 0 aromatic carbocycles. The monoisotopic (exact) mass is 125 g/mol. The molecular weight excluding hydrogens is 110 g/mol. The van der Waals surface area contributed by atoms with Crippen LogP contribution < -0.4 is 5.73 Å². The Morgan fingerprint density at radius 1 is 1.44 bits per heavy atom. The highest BCUT2D eigenvalue weighted by Crippen LogP contribution is 1.97. The van der Waals surface area contributed by atoms with E-state index in [1.807, 2.05) is 33.8 Å². The molecular formula is C8H15N. The van der Waals surface area contributed by atoms with E-state index in [2.05, 4.69) is 5.73 Å². The summed E-state index contributed by atoms with van der Waals surface area (Å²) in [7, 11) is 0. The maximum atomic E-state index is 5.65. The van der Waals surface area contributed by atoms with Gasteiger partial charge in [0.1, 0.15) is 0 Å². The van der Waals surface area contributed by atoms with Crippen LogP contribution in [0, 0.1) is 0 Å². The summed E-state index contributed by atoms with van der Waals surface area (Å²) in [5, 5.41) is 0. The van der Waals surface area contributed by atoms with Crippen LogP contribution in [0.2, 0.25) is 0 Å². The van der Waals surface area contributed by atoms with Crippen LogP contribution in [0.3, 0.4) is 0 Å². The molecule has 52 valence electrons. The van der Waals surface area contributed by atoms with E-state index in [0.717, 1.165) is 5.57 Å². The van der Waals surface area contributed by atoms with Crippen LogP contribution in [0.4, 0.5) is 0 Å². The summed E-state index contributed by atoms with van der Waals surface area (Å²) in [4.78, 5) is 0. The van der Waals surface area contributed by atoms with Crippen LogP contribution in [-0.4, -0.2) is 5.54 Å². The molecule has 0 atom stereocenters. The molecule has 0 bridgehead atoms. The Balaban J connectivity index is 4.17. The maximum absolute atomic E-state index is 5.65. The van der Waals surface area contributed by atoms with Crippen molar-refractivity contribution in [2.45, 2.75) is 33.2 Å². The van der Waals surface area contributed by atoms with E-state index in [0.29, 0.717) is 0 Å². The molecule has 0 aromatic rings. The summed E-state index contributed by atoms with van der Waals surface area (Å²) in [6, 6.07) is 0. The summed E-state index contributed by atoms with van der Waals surface area (Å²) in [5.74, 6) is 0. The molecule has 0 aliphatic heterocycles. The average molecular weight is 125 g/mol. The minimum absolute atomic E-state index is 0.225. The summed E-state index contributed by atoms with van der Waals surface area (Å²) < 4.78 is 0. The standard InChI is InChI=1S/C8H15N/c1-7(2)5-6-8(3,4)9/h6H,9H2,1-4H3. The largest absolute Gasteiger partial charge is 0.322 e. The normalized spacial score (nSPS) is 10.3. The van der Waals surface area contributed by atoms with Crippen molar-refractivity contribution in [1.82, 2.24) is 0 Å². The van der Waals surface area contributed by atoms with Gasteiger partial charge in [0.25, 0.3) is 0 Å². The molecule has 0 radical (unpaired) electrons. The third kappa shape index (κ3) is 7.48. The fourth-order valence-corrected chi connectivity index (χ4v) is 0.330. The Hall–Kier alpha value is -0.520. The first-order valence-corrected chi connectivity index (χ1v) is 3.12. The van der Waals surface area contributed by atoms with Crippen LogP contribution in [0.1, 0.15) is 27.7 Å². The highest BCUT2D eigenvalue weighted by atomic mass is 14.7. The molecule has 0 rings (SSSR count). The summed E-state index contributed by atoms with van der Waals surface area (Å²) >= 11 is 0. The highest BCUT2D eigenvalue weighted by molar-refractivity contribution is 5.02. The van der Waals surface area contributed by atoms with Gasteiger partial charge in [0.15, 0.2) is 0 Å². The van der Waals surface area contributed by atoms with Gasteiger partial charge in [-0.2, -0.15) is 0 Å². The van der Waals surface area contributed by atoms with Gasteiger partial charge in [-0.15, -0.1) is 5.73 Å². The van der Waals surface area contributed by atoms with E-state index < -0.39 is 0 Å². The lowest BCUT2D eigenvalue weighted by molar-refractivity contribution is 0.655. The van der Waals surface area contributed by atoms with Gasteiger partial charge in [-0.05, 0) is 39.3 Å². The Labute approximate surface area is 57.3 Å². The van der Waals surface area contributed by atoms with E-state index in [1.54, 1.807) is 0 Å². The van der Waals surface area contributed by atoms with Gasteiger partial charge in [-0.25, -0.2) is 0 Å². The number of hydrogen-bond acceptors (Lipinski definition) is 1. The van der Waals surface area contributed by atoms with Crippen molar-refractivity contribution < 1.29 is 0 Å². The Morgan fingerprint density at radius 2 is 1.89 bits per heavy atom. The first-order valence-electron chi connectivity index (χ1n) is 3.12. The molecule has 2 N–H and O–H groups in total.